The van der Waals surface area contributed by atoms with E-state index in [4.69, 9.17) is 5.73 Å². The van der Waals surface area contributed by atoms with Crippen molar-refractivity contribution in [2.45, 2.75) is 19.4 Å². The van der Waals surface area contributed by atoms with Crippen molar-refractivity contribution in [3.63, 3.8) is 0 Å². The van der Waals surface area contributed by atoms with E-state index in [1.165, 1.54) is 17.4 Å². The van der Waals surface area contributed by atoms with E-state index < -0.39 is 0 Å². The van der Waals surface area contributed by atoms with Crippen LogP contribution in [0.4, 0.5) is 4.39 Å². The van der Waals surface area contributed by atoms with Crippen molar-refractivity contribution in [1.29, 1.82) is 0 Å². The summed E-state index contributed by atoms with van der Waals surface area (Å²) in [6.07, 6.45) is 0.923. The van der Waals surface area contributed by atoms with Gasteiger partial charge in [0.1, 0.15) is 16.5 Å². The van der Waals surface area contributed by atoms with Crippen molar-refractivity contribution in [2.75, 3.05) is 13.1 Å². The molecular weight excluding hydrogens is 372 g/mol. The molecule has 1 fully saturated rings. The van der Waals surface area contributed by atoms with E-state index in [1.807, 2.05) is 11.8 Å². The average Bonchev–Trinajstić information content (AvgIpc) is 3.14. The van der Waals surface area contributed by atoms with E-state index >= 15 is 0 Å². The van der Waals surface area contributed by atoms with Crippen molar-refractivity contribution in [3.05, 3.63) is 41.2 Å². The summed E-state index contributed by atoms with van der Waals surface area (Å²) in [6.45, 7) is 3.28. The zero-order valence-electron chi connectivity index (χ0n) is 13.1. The van der Waals surface area contributed by atoms with Crippen LogP contribution in [0.2, 0.25) is 0 Å². The molecule has 0 saturated carbocycles. The van der Waals surface area contributed by atoms with Crippen molar-refractivity contribution < 1.29 is 9.18 Å². The van der Waals surface area contributed by atoms with E-state index in [0.29, 0.717) is 35.3 Å². The van der Waals surface area contributed by atoms with Gasteiger partial charge in [-0.15, -0.1) is 36.2 Å². The summed E-state index contributed by atoms with van der Waals surface area (Å²) >= 11 is 1.29. The van der Waals surface area contributed by atoms with Crippen LogP contribution in [-0.4, -0.2) is 34.9 Å². The molecule has 1 aliphatic heterocycles. The highest BCUT2D eigenvalue weighted by Crippen LogP contribution is 2.28. The SMILES string of the molecule is CC1CC(CN)CN1C(=O)c1csc(-c2ccccc2F)n1.Cl.Cl. The lowest BCUT2D eigenvalue weighted by Crippen LogP contribution is -2.34. The number of hydrogen-bond donors (Lipinski definition) is 1. The molecule has 3 rings (SSSR count). The Balaban J connectivity index is 0.00000144. The Morgan fingerprint density at radius 3 is 2.75 bits per heavy atom. The van der Waals surface area contributed by atoms with Crippen LogP contribution in [0.25, 0.3) is 10.6 Å². The Kier molecular flexibility index (Phi) is 7.60. The van der Waals surface area contributed by atoms with Crippen molar-refractivity contribution >= 4 is 42.1 Å². The molecule has 1 aliphatic rings. The molecule has 8 heteroatoms. The van der Waals surface area contributed by atoms with Gasteiger partial charge in [0.25, 0.3) is 5.91 Å². The van der Waals surface area contributed by atoms with Crippen LogP contribution < -0.4 is 5.73 Å². The number of rotatable bonds is 3. The number of carbonyl (C=O) groups excluding carboxylic acids is 1. The van der Waals surface area contributed by atoms with Crippen LogP contribution in [0.3, 0.4) is 0 Å². The highest BCUT2D eigenvalue weighted by molar-refractivity contribution is 7.13. The molecule has 0 aliphatic carbocycles. The zero-order valence-corrected chi connectivity index (χ0v) is 15.6. The fourth-order valence-corrected chi connectivity index (χ4v) is 3.69. The Labute approximate surface area is 157 Å². The second-order valence-electron chi connectivity index (χ2n) is 5.66. The number of nitrogens with two attached hydrogens (primary N) is 1. The third-order valence-corrected chi connectivity index (χ3v) is 4.96. The molecule has 2 aromatic rings. The Morgan fingerprint density at radius 2 is 2.12 bits per heavy atom. The summed E-state index contributed by atoms with van der Waals surface area (Å²) in [4.78, 5) is 18.7. The van der Waals surface area contributed by atoms with Crippen LogP contribution >= 0.6 is 36.2 Å². The largest absolute Gasteiger partial charge is 0.334 e. The van der Waals surface area contributed by atoms with Crippen LogP contribution in [-0.2, 0) is 0 Å². The third kappa shape index (κ3) is 4.06. The monoisotopic (exact) mass is 391 g/mol. The second-order valence-corrected chi connectivity index (χ2v) is 6.52. The average molecular weight is 392 g/mol. The number of hydrogen-bond acceptors (Lipinski definition) is 4. The number of amides is 1. The Hall–Kier alpha value is -1.21. The fraction of sp³-hybridized carbons (Fsp3) is 0.375. The number of carbonyl (C=O) groups is 1. The summed E-state index contributed by atoms with van der Waals surface area (Å²) in [6, 6.07) is 6.63. The first-order chi connectivity index (χ1) is 10.6. The van der Waals surface area contributed by atoms with Gasteiger partial charge in [0.15, 0.2) is 0 Å². The minimum atomic E-state index is -0.325. The fourth-order valence-electron chi connectivity index (χ4n) is 2.87. The predicted octanol–water partition coefficient (Wildman–Crippen LogP) is 3.60. The second kappa shape index (κ2) is 8.76. The molecule has 2 N–H and O–H groups in total. The van der Waals surface area contributed by atoms with E-state index in [1.54, 1.807) is 23.6 Å². The van der Waals surface area contributed by atoms with Gasteiger partial charge in [-0.2, -0.15) is 0 Å². The highest BCUT2D eigenvalue weighted by atomic mass is 35.5. The molecule has 2 unspecified atom stereocenters. The minimum Gasteiger partial charge on any atom is -0.334 e. The quantitative estimate of drug-likeness (QED) is 0.868. The number of benzene rings is 1. The molecule has 0 spiro atoms. The van der Waals surface area contributed by atoms with Crippen LogP contribution in [0.1, 0.15) is 23.8 Å². The number of halogens is 3. The molecule has 0 radical (unpaired) electrons. The van der Waals surface area contributed by atoms with E-state index in [2.05, 4.69) is 4.98 Å². The number of thiazole rings is 1. The van der Waals surface area contributed by atoms with Gasteiger partial charge in [-0.05, 0) is 37.9 Å². The highest BCUT2D eigenvalue weighted by Gasteiger charge is 2.33. The molecular formula is C16H20Cl2FN3OS. The number of nitrogens with zero attached hydrogens (tertiary/aromatic N) is 2. The molecule has 1 saturated heterocycles. The summed E-state index contributed by atoms with van der Waals surface area (Å²) in [5.41, 5.74) is 6.51. The molecule has 132 valence electrons. The third-order valence-electron chi connectivity index (χ3n) is 4.08. The van der Waals surface area contributed by atoms with Gasteiger partial charge in [0, 0.05) is 23.5 Å². The van der Waals surface area contributed by atoms with Gasteiger partial charge in [0.2, 0.25) is 0 Å². The Bertz CT molecular complexity index is 697. The molecule has 1 aromatic heterocycles. The topological polar surface area (TPSA) is 59.2 Å². The number of aromatic nitrogens is 1. The lowest BCUT2D eigenvalue weighted by atomic mass is 10.1. The first kappa shape index (κ1) is 20.8. The molecule has 0 bridgehead atoms. The van der Waals surface area contributed by atoms with E-state index in [-0.39, 0.29) is 42.6 Å². The van der Waals surface area contributed by atoms with Crippen LogP contribution in [0.15, 0.2) is 29.6 Å². The summed E-state index contributed by atoms with van der Waals surface area (Å²) in [5, 5.41) is 2.23. The minimum absolute atomic E-state index is 0. The molecule has 2 atom stereocenters. The summed E-state index contributed by atoms with van der Waals surface area (Å²) in [7, 11) is 0. The van der Waals surface area contributed by atoms with Crippen molar-refractivity contribution in [2.24, 2.45) is 11.7 Å². The molecule has 24 heavy (non-hydrogen) atoms. The lowest BCUT2D eigenvalue weighted by Gasteiger charge is -2.20. The van der Waals surface area contributed by atoms with Crippen LogP contribution in [0.5, 0.6) is 0 Å². The molecule has 1 amide bonds. The van der Waals surface area contributed by atoms with Crippen LogP contribution in [0, 0.1) is 11.7 Å². The maximum atomic E-state index is 13.8. The number of likely N-dealkylation sites (tertiary alicyclic amines) is 1. The van der Waals surface area contributed by atoms with Gasteiger partial charge in [-0.3, -0.25) is 4.79 Å². The summed E-state index contributed by atoms with van der Waals surface area (Å²) in [5.74, 6) is -0.0699. The maximum Gasteiger partial charge on any atom is 0.273 e. The normalized spacial score (nSPS) is 19.5. The molecule has 2 heterocycles. The maximum absolute atomic E-state index is 13.8. The standard InChI is InChI=1S/C16H18FN3OS.2ClH/c1-10-6-11(7-18)8-20(10)16(21)14-9-22-15(19-14)12-4-2-3-5-13(12)17;;/h2-5,9-11H,6-8,18H2,1H3;2*1H. The Morgan fingerprint density at radius 1 is 1.42 bits per heavy atom. The van der Waals surface area contributed by atoms with Crippen molar-refractivity contribution in [3.8, 4) is 10.6 Å². The van der Waals surface area contributed by atoms with Crippen molar-refractivity contribution in [1.82, 2.24) is 9.88 Å². The summed E-state index contributed by atoms with van der Waals surface area (Å²) < 4.78 is 13.8. The predicted molar refractivity (Wildman–Crippen MR) is 99.7 cm³/mol. The lowest BCUT2D eigenvalue weighted by molar-refractivity contribution is 0.0738. The van der Waals surface area contributed by atoms with E-state index in [9.17, 15) is 9.18 Å². The van der Waals surface area contributed by atoms with Gasteiger partial charge in [-0.1, -0.05) is 12.1 Å². The van der Waals surface area contributed by atoms with Gasteiger partial charge < -0.3 is 10.6 Å². The van der Waals surface area contributed by atoms with Gasteiger partial charge in [0.05, 0.1) is 0 Å². The first-order valence-corrected chi connectivity index (χ1v) is 8.19. The van der Waals surface area contributed by atoms with Gasteiger partial charge >= 0.3 is 0 Å². The smallest absolute Gasteiger partial charge is 0.273 e. The zero-order chi connectivity index (χ0) is 15.7. The molecule has 4 nitrogen and oxygen atoms in total. The molecule has 1 aromatic carbocycles. The van der Waals surface area contributed by atoms with E-state index in [0.717, 1.165) is 6.42 Å². The van der Waals surface area contributed by atoms with Gasteiger partial charge in [-0.25, -0.2) is 9.37 Å². The first-order valence-electron chi connectivity index (χ1n) is 7.31.